The van der Waals surface area contributed by atoms with E-state index in [0.717, 1.165) is 6.42 Å². The van der Waals surface area contributed by atoms with E-state index in [1.807, 2.05) is 6.92 Å². The second-order valence-electron chi connectivity index (χ2n) is 2.08. The van der Waals surface area contributed by atoms with Crippen molar-refractivity contribution in [3.8, 4) is 0 Å². The highest BCUT2D eigenvalue weighted by Crippen LogP contribution is 2.04. The smallest absolute Gasteiger partial charge is 0.166 e. The average Bonchev–Trinajstić information content (AvgIpc) is 1.87. The van der Waals surface area contributed by atoms with Crippen molar-refractivity contribution in [1.82, 2.24) is 0 Å². The van der Waals surface area contributed by atoms with Gasteiger partial charge in [-0.2, -0.15) is 0 Å². The molecule has 0 radical (unpaired) electrons. The molecule has 0 aliphatic heterocycles. The SMILES string of the molecule is CCC[C@@H](F)C(=O)CC. The zero-order valence-corrected chi connectivity index (χ0v) is 5.98. The van der Waals surface area contributed by atoms with Crippen molar-refractivity contribution in [3.63, 3.8) is 0 Å². The molecule has 0 heterocycles. The van der Waals surface area contributed by atoms with E-state index < -0.39 is 6.17 Å². The molecule has 0 spiro atoms. The van der Waals surface area contributed by atoms with Gasteiger partial charge < -0.3 is 0 Å². The number of ketones is 1. The lowest BCUT2D eigenvalue weighted by Gasteiger charge is -2.00. The molecule has 0 saturated heterocycles. The Kier molecular flexibility index (Phi) is 4.28. The zero-order valence-electron chi connectivity index (χ0n) is 5.98. The van der Waals surface area contributed by atoms with Crippen molar-refractivity contribution in [3.05, 3.63) is 0 Å². The van der Waals surface area contributed by atoms with Crippen LogP contribution in [0, 0.1) is 0 Å². The van der Waals surface area contributed by atoms with E-state index in [1.165, 1.54) is 0 Å². The van der Waals surface area contributed by atoms with Gasteiger partial charge in [-0.1, -0.05) is 20.3 Å². The number of rotatable bonds is 4. The van der Waals surface area contributed by atoms with Gasteiger partial charge in [-0.05, 0) is 6.42 Å². The molecule has 54 valence electrons. The van der Waals surface area contributed by atoms with Crippen LogP contribution in [-0.4, -0.2) is 12.0 Å². The first-order valence-corrected chi connectivity index (χ1v) is 3.39. The number of carbonyl (C=O) groups is 1. The molecule has 0 unspecified atom stereocenters. The fourth-order valence-corrected chi connectivity index (χ4v) is 0.636. The summed E-state index contributed by atoms with van der Waals surface area (Å²) in [7, 11) is 0. The quantitative estimate of drug-likeness (QED) is 0.572. The van der Waals surface area contributed by atoms with Crippen LogP contribution in [0.4, 0.5) is 4.39 Å². The summed E-state index contributed by atoms with van der Waals surface area (Å²) in [6.45, 7) is 3.56. The van der Waals surface area contributed by atoms with Crippen LogP contribution in [0.25, 0.3) is 0 Å². The molecular formula is C7H13FO. The molecule has 0 bridgehead atoms. The Morgan fingerprint density at radius 1 is 1.56 bits per heavy atom. The molecule has 2 heteroatoms. The molecule has 9 heavy (non-hydrogen) atoms. The predicted octanol–water partition coefficient (Wildman–Crippen LogP) is 2.10. The van der Waals surface area contributed by atoms with Gasteiger partial charge in [0.2, 0.25) is 0 Å². The molecule has 1 atom stereocenters. The Morgan fingerprint density at radius 2 is 2.11 bits per heavy atom. The van der Waals surface area contributed by atoms with Crippen molar-refractivity contribution in [2.24, 2.45) is 0 Å². The first kappa shape index (κ1) is 8.60. The Bertz CT molecular complexity index is 90.9. The van der Waals surface area contributed by atoms with E-state index in [0.29, 0.717) is 12.8 Å². The minimum atomic E-state index is -1.21. The van der Waals surface area contributed by atoms with Gasteiger partial charge in [0.1, 0.15) is 0 Å². The first-order chi connectivity index (χ1) is 4.22. The standard InChI is InChI=1S/C7H13FO/c1-3-5-6(8)7(9)4-2/h6H,3-5H2,1-2H3/t6-/m1/s1. The van der Waals surface area contributed by atoms with Crippen molar-refractivity contribution in [2.45, 2.75) is 39.3 Å². The molecule has 0 aromatic rings. The van der Waals surface area contributed by atoms with Crippen LogP contribution >= 0.6 is 0 Å². The van der Waals surface area contributed by atoms with E-state index in [-0.39, 0.29) is 5.78 Å². The normalized spacial score (nSPS) is 13.2. The average molecular weight is 132 g/mol. The van der Waals surface area contributed by atoms with E-state index in [1.54, 1.807) is 6.92 Å². The lowest BCUT2D eigenvalue weighted by Crippen LogP contribution is -2.13. The minimum Gasteiger partial charge on any atom is -0.296 e. The molecule has 0 fully saturated rings. The Morgan fingerprint density at radius 3 is 2.44 bits per heavy atom. The predicted molar refractivity (Wildman–Crippen MR) is 35.1 cm³/mol. The molecule has 0 aliphatic rings. The van der Waals surface area contributed by atoms with E-state index in [2.05, 4.69) is 0 Å². The van der Waals surface area contributed by atoms with Crippen molar-refractivity contribution < 1.29 is 9.18 Å². The highest BCUT2D eigenvalue weighted by molar-refractivity contribution is 5.82. The maximum absolute atomic E-state index is 12.4. The number of carbonyl (C=O) groups excluding carboxylic acids is 1. The highest BCUT2D eigenvalue weighted by atomic mass is 19.1. The van der Waals surface area contributed by atoms with Crippen LogP contribution in [0.1, 0.15) is 33.1 Å². The number of alkyl halides is 1. The fourth-order valence-electron chi connectivity index (χ4n) is 0.636. The Balaban J connectivity index is 3.45. The fraction of sp³-hybridized carbons (Fsp3) is 0.857. The van der Waals surface area contributed by atoms with Crippen LogP contribution in [-0.2, 0) is 4.79 Å². The van der Waals surface area contributed by atoms with Crippen LogP contribution in [0.2, 0.25) is 0 Å². The third-order valence-corrected chi connectivity index (χ3v) is 1.24. The summed E-state index contributed by atoms with van der Waals surface area (Å²) in [5.41, 5.74) is 0. The summed E-state index contributed by atoms with van der Waals surface area (Å²) >= 11 is 0. The Hall–Kier alpha value is -0.400. The van der Waals surface area contributed by atoms with Crippen LogP contribution in [0.3, 0.4) is 0 Å². The van der Waals surface area contributed by atoms with Crippen molar-refractivity contribution in [1.29, 1.82) is 0 Å². The number of hydrogen-bond acceptors (Lipinski definition) is 1. The third kappa shape index (κ3) is 3.22. The van der Waals surface area contributed by atoms with Gasteiger partial charge in [0.05, 0.1) is 0 Å². The van der Waals surface area contributed by atoms with E-state index >= 15 is 0 Å². The number of halogens is 1. The molecule has 0 amide bonds. The summed E-state index contributed by atoms with van der Waals surface area (Å²) in [5.74, 6) is -0.267. The van der Waals surface area contributed by atoms with Crippen LogP contribution < -0.4 is 0 Å². The maximum Gasteiger partial charge on any atom is 0.166 e. The van der Waals surface area contributed by atoms with Gasteiger partial charge in [-0.25, -0.2) is 4.39 Å². The molecule has 0 saturated carbocycles. The lowest BCUT2D eigenvalue weighted by molar-refractivity contribution is -0.123. The number of hydrogen-bond donors (Lipinski definition) is 0. The summed E-state index contributed by atoms with van der Waals surface area (Å²) < 4.78 is 12.4. The molecule has 0 N–H and O–H groups in total. The van der Waals surface area contributed by atoms with Crippen LogP contribution in [0.15, 0.2) is 0 Å². The van der Waals surface area contributed by atoms with Crippen LogP contribution in [0.5, 0.6) is 0 Å². The van der Waals surface area contributed by atoms with Gasteiger partial charge in [0.25, 0.3) is 0 Å². The second kappa shape index (κ2) is 4.48. The summed E-state index contributed by atoms with van der Waals surface area (Å²) in [6.07, 6.45) is 0.237. The molecule has 0 aromatic carbocycles. The number of Topliss-reactive ketones (excluding diaryl/α,β-unsaturated/α-hetero) is 1. The van der Waals surface area contributed by atoms with Gasteiger partial charge in [0, 0.05) is 6.42 Å². The maximum atomic E-state index is 12.4. The Labute approximate surface area is 55.3 Å². The van der Waals surface area contributed by atoms with Crippen molar-refractivity contribution in [2.75, 3.05) is 0 Å². The minimum absolute atomic E-state index is 0.267. The summed E-state index contributed by atoms with van der Waals surface area (Å²) in [5, 5.41) is 0. The summed E-state index contributed by atoms with van der Waals surface area (Å²) in [4.78, 5) is 10.5. The van der Waals surface area contributed by atoms with Gasteiger partial charge in [-0.3, -0.25) is 4.79 Å². The molecule has 0 aromatic heterocycles. The third-order valence-electron chi connectivity index (χ3n) is 1.24. The molecule has 1 nitrogen and oxygen atoms in total. The zero-order chi connectivity index (χ0) is 7.28. The van der Waals surface area contributed by atoms with Gasteiger partial charge in [-0.15, -0.1) is 0 Å². The first-order valence-electron chi connectivity index (χ1n) is 3.39. The van der Waals surface area contributed by atoms with E-state index in [9.17, 15) is 9.18 Å². The van der Waals surface area contributed by atoms with Gasteiger partial charge in [0.15, 0.2) is 12.0 Å². The second-order valence-corrected chi connectivity index (χ2v) is 2.08. The van der Waals surface area contributed by atoms with Gasteiger partial charge >= 0.3 is 0 Å². The van der Waals surface area contributed by atoms with E-state index in [4.69, 9.17) is 0 Å². The molecular weight excluding hydrogens is 119 g/mol. The van der Waals surface area contributed by atoms with Crippen molar-refractivity contribution >= 4 is 5.78 Å². The molecule has 0 rings (SSSR count). The monoisotopic (exact) mass is 132 g/mol. The largest absolute Gasteiger partial charge is 0.296 e. The topological polar surface area (TPSA) is 17.1 Å². The summed E-state index contributed by atoms with van der Waals surface area (Å²) in [6, 6.07) is 0. The molecule has 0 aliphatic carbocycles. The lowest BCUT2D eigenvalue weighted by atomic mass is 10.1. The highest BCUT2D eigenvalue weighted by Gasteiger charge is 2.12.